The fraction of sp³-hybridized carbons (Fsp3) is 0.588. The third-order valence-corrected chi connectivity index (χ3v) is 11.9. The Morgan fingerprint density at radius 1 is 1.08 bits per heavy atom. The summed E-state index contributed by atoms with van der Waals surface area (Å²) in [6.07, 6.45) is 4.65. The number of rotatable bonds is 8. The van der Waals surface area contributed by atoms with Crippen LogP contribution in [0.3, 0.4) is 0 Å². The molecule has 4 N–H and O–H groups in total. The summed E-state index contributed by atoms with van der Waals surface area (Å²) in [4.78, 5) is 55.4. The molecule has 16 heteroatoms. The lowest BCUT2D eigenvalue weighted by Gasteiger charge is -2.32. The van der Waals surface area contributed by atoms with Gasteiger partial charge in [-0.3, -0.25) is 19.1 Å². The molecule has 270 valence electrons. The molecule has 50 heavy (non-hydrogen) atoms. The molecular weight excluding hydrogens is 668 g/mol. The topological polar surface area (TPSA) is 206 Å². The Balaban J connectivity index is 1.33. The molecule has 4 aliphatic rings. The van der Waals surface area contributed by atoms with E-state index in [2.05, 4.69) is 25.6 Å². The van der Waals surface area contributed by atoms with Crippen molar-refractivity contribution in [2.45, 2.75) is 94.7 Å². The van der Waals surface area contributed by atoms with E-state index in [1.54, 1.807) is 19.1 Å². The van der Waals surface area contributed by atoms with E-state index in [1.807, 2.05) is 38.1 Å². The van der Waals surface area contributed by atoms with E-state index in [0.717, 1.165) is 6.42 Å². The number of hydrogen-bond donors (Lipinski definition) is 4. The number of ether oxygens (including phenoxy) is 2. The van der Waals surface area contributed by atoms with E-state index in [0.29, 0.717) is 48.9 Å². The van der Waals surface area contributed by atoms with E-state index in [4.69, 9.17) is 9.47 Å². The van der Waals surface area contributed by atoms with Crippen LogP contribution in [0.5, 0.6) is 11.8 Å². The number of carboxylic acid groups (broad SMARTS) is 1. The average molecular weight is 713 g/mol. The average Bonchev–Trinajstić information content (AvgIpc) is 3.99. The van der Waals surface area contributed by atoms with Crippen molar-refractivity contribution in [3.63, 3.8) is 0 Å². The maximum Gasteiger partial charge on any atom is 0.405 e. The number of hydrogen-bond acceptors (Lipinski definition) is 10. The van der Waals surface area contributed by atoms with E-state index in [-0.39, 0.29) is 31.2 Å². The summed E-state index contributed by atoms with van der Waals surface area (Å²) < 4.78 is 39.7. The number of carbonyl (C=O) groups excluding carboxylic acids is 3. The van der Waals surface area contributed by atoms with Gasteiger partial charge in [-0.2, -0.15) is 0 Å². The fourth-order valence-electron chi connectivity index (χ4n) is 7.17. The smallest absolute Gasteiger partial charge is 0.405 e. The summed E-state index contributed by atoms with van der Waals surface area (Å²) in [5, 5.41) is 24.0. The number of nitrogens with zero attached hydrogens (tertiary/aromatic N) is 3. The molecule has 6 rings (SSSR count). The number of nitrogens with one attached hydrogen (secondary N) is 3. The summed E-state index contributed by atoms with van der Waals surface area (Å²) in [5.41, 5.74) is -1.53. The van der Waals surface area contributed by atoms with Gasteiger partial charge < -0.3 is 30.1 Å². The molecule has 4 amide bonds. The fourth-order valence-corrected chi connectivity index (χ4v) is 8.54. The van der Waals surface area contributed by atoms with Crippen molar-refractivity contribution in [2.24, 2.45) is 17.8 Å². The van der Waals surface area contributed by atoms with Gasteiger partial charge in [0.2, 0.25) is 33.6 Å². The van der Waals surface area contributed by atoms with Gasteiger partial charge in [0.1, 0.15) is 23.7 Å². The summed E-state index contributed by atoms with van der Waals surface area (Å²) in [7, 11) is -3.90. The predicted molar refractivity (Wildman–Crippen MR) is 181 cm³/mol. The Hall–Kier alpha value is -4.47. The molecule has 0 spiro atoms. The van der Waals surface area contributed by atoms with Crippen LogP contribution in [0, 0.1) is 17.8 Å². The van der Waals surface area contributed by atoms with Gasteiger partial charge >= 0.3 is 6.09 Å². The SMILES string of the molecule is CCOc1nnc(O[C@@H]2C[C@H]3C(=O)N[C@]4(C(=O)NS(=O)(=O)C5CC5)C[C@H]4C=CCC[C@@H](C)C[C@@H](C)[C@H](NC(=O)O)C(=O)N3C2)c2ccccc12. The van der Waals surface area contributed by atoms with Crippen molar-refractivity contribution < 1.29 is 42.2 Å². The lowest BCUT2D eigenvalue weighted by Crippen LogP contribution is -2.59. The predicted octanol–water partition coefficient (Wildman–Crippen LogP) is 2.51. The second-order valence-electron chi connectivity index (χ2n) is 14.0. The maximum absolute atomic E-state index is 14.3. The van der Waals surface area contributed by atoms with Crippen LogP contribution in [0.15, 0.2) is 36.4 Å². The van der Waals surface area contributed by atoms with Crippen molar-refractivity contribution in [3.05, 3.63) is 36.4 Å². The summed E-state index contributed by atoms with van der Waals surface area (Å²) in [6.45, 7) is 5.95. The molecular formula is C34H44N6O9S. The van der Waals surface area contributed by atoms with Gasteiger partial charge in [0.25, 0.3) is 5.91 Å². The molecule has 0 unspecified atom stereocenters. The molecule has 1 aromatic heterocycles. The zero-order valence-electron chi connectivity index (χ0n) is 28.3. The zero-order chi connectivity index (χ0) is 35.8. The molecule has 2 saturated carbocycles. The van der Waals surface area contributed by atoms with Gasteiger partial charge in [-0.25, -0.2) is 13.2 Å². The minimum Gasteiger partial charge on any atom is -0.476 e. The third-order valence-electron chi connectivity index (χ3n) is 10.1. The first kappa shape index (κ1) is 35.4. The number of benzene rings is 1. The van der Waals surface area contributed by atoms with E-state index in [1.165, 1.54) is 4.90 Å². The highest BCUT2D eigenvalue weighted by molar-refractivity contribution is 7.91. The Morgan fingerprint density at radius 3 is 2.46 bits per heavy atom. The van der Waals surface area contributed by atoms with Crippen molar-refractivity contribution in [3.8, 4) is 11.8 Å². The monoisotopic (exact) mass is 712 g/mol. The minimum absolute atomic E-state index is 0.00998. The zero-order valence-corrected chi connectivity index (χ0v) is 29.1. The van der Waals surface area contributed by atoms with Gasteiger partial charge in [-0.15, -0.1) is 10.2 Å². The van der Waals surface area contributed by atoms with Crippen LogP contribution in [0.25, 0.3) is 10.8 Å². The molecule has 15 nitrogen and oxygen atoms in total. The number of carbonyl (C=O) groups is 4. The first-order valence-electron chi connectivity index (χ1n) is 17.2. The maximum atomic E-state index is 14.3. The van der Waals surface area contributed by atoms with Crippen LogP contribution in [0.1, 0.15) is 65.7 Å². The number of fused-ring (bicyclic) bond motifs is 3. The first-order chi connectivity index (χ1) is 23.8. The molecule has 2 aliphatic heterocycles. The van der Waals surface area contributed by atoms with Crippen molar-refractivity contribution in [1.29, 1.82) is 0 Å². The van der Waals surface area contributed by atoms with Crippen LogP contribution < -0.4 is 24.8 Å². The van der Waals surface area contributed by atoms with Gasteiger partial charge in [0, 0.05) is 12.3 Å². The van der Waals surface area contributed by atoms with E-state index >= 15 is 0 Å². The van der Waals surface area contributed by atoms with Crippen LogP contribution in [0.2, 0.25) is 0 Å². The summed E-state index contributed by atoms with van der Waals surface area (Å²) in [6, 6.07) is 4.91. The molecule has 1 saturated heterocycles. The van der Waals surface area contributed by atoms with Gasteiger partial charge in [-0.1, -0.05) is 38.1 Å². The van der Waals surface area contributed by atoms with Gasteiger partial charge in [0.15, 0.2) is 0 Å². The Bertz CT molecular complexity index is 1800. The molecule has 2 aromatic rings. The first-order valence-corrected chi connectivity index (χ1v) is 18.8. The Morgan fingerprint density at radius 2 is 1.78 bits per heavy atom. The number of sulfonamides is 1. The molecule has 0 radical (unpaired) electrons. The second-order valence-corrected chi connectivity index (χ2v) is 15.9. The van der Waals surface area contributed by atoms with E-state index < -0.39 is 74.7 Å². The molecule has 7 atom stereocenters. The van der Waals surface area contributed by atoms with E-state index in [9.17, 15) is 32.7 Å². The van der Waals surface area contributed by atoms with Crippen LogP contribution >= 0.6 is 0 Å². The number of amides is 4. The molecule has 3 fully saturated rings. The lowest BCUT2D eigenvalue weighted by atomic mass is 9.88. The standard InChI is InChI=1S/C34H44N6O9S/c1-4-48-29-24-11-7-8-12-25(24)30(38-37-29)49-22-16-26-28(41)36-34(32(43)39-50(46,47)23-13-14-23)17-21(34)10-6-5-9-19(2)15-20(3)27(35-33(44)45)31(42)40(26)18-22/h6-8,10-12,19-23,26-27,35H,4-5,9,13-18H2,1-3H3,(H,36,41)(H,39,43)(H,44,45)/t19-,20-,21-,22-,26+,27+,34-/m1/s1. The van der Waals surface area contributed by atoms with Crippen LogP contribution in [-0.2, 0) is 24.4 Å². The van der Waals surface area contributed by atoms with Crippen LogP contribution in [0.4, 0.5) is 4.79 Å². The van der Waals surface area contributed by atoms with Gasteiger partial charge in [0.05, 0.1) is 29.2 Å². The Kier molecular flexibility index (Phi) is 9.93. The lowest BCUT2D eigenvalue weighted by molar-refractivity contribution is -0.142. The summed E-state index contributed by atoms with van der Waals surface area (Å²) >= 11 is 0. The van der Waals surface area contributed by atoms with Crippen molar-refractivity contribution in [1.82, 2.24) is 30.5 Å². The van der Waals surface area contributed by atoms with Crippen LogP contribution in [-0.4, -0.2) is 94.6 Å². The van der Waals surface area contributed by atoms with Gasteiger partial charge in [-0.05, 0) is 69.4 Å². The minimum atomic E-state index is -3.90. The van der Waals surface area contributed by atoms with Crippen molar-refractivity contribution in [2.75, 3.05) is 13.2 Å². The highest BCUT2D eigenvalue weighted by Gasteiger charge is 2.62. The van der Waals surface area contributed by atoms with Crippen molar-refractivity contribution >= 4 is 44.6 Å². The Labute approximate surface area is 290 Å². The normalized spacial score (nSPS) is 30.3. The molecule has 2 aliphatic carbocycles. The largest absolute Gasteiger partial charge is 0.476 e. The third kappa shape index (κ3) is 7.35. The molecule has 0 bridgehead atoms. The number of aromatic nitrogens is 2. The highest BCUT2D eigenvalue weighted by atomic mass is 32.2. The molecule has 1 aromatic carbocycles. The number of allylic oxidation sites excluding steroid dienone is 1. The second kappa shape index (κ2) is 14.0. The highest BCUT2D eigenvalue weighted by Crippen LogP contribution is 2.46. The summed E-state index contributed by atoms with van der Waals surface area (Å²) in [5.74, 6) is -2.34. The molecule has 3 heterocycles. The quantitative estimate of drug-likeness (QED) is 0.293.